The first kappa shape index (κ1) is 29.9. The van der Waals surface area contributed by atoms with Gasteiger partial charge in [-0.1, -0.05) is 121 Å². The van der Waals surface area contributed by atoms with Gasteiger partial charge in [0.05, 0.1) is 14.1 Å². The van der Waals surface area contributed by atoms with E-state index >= 15 is 0 Å². The van der Waals surface area contributed by atoms with Crippen molar-refractivity contribution in [1.29, 1.82) is 0 Å². The van der Waals surface area contributed by atoms with E-state index in [9.17, 15) is 4.79 Å². The zero-order valence-electron chi connectivity index (χ0n) is 20.7. The highest BCUT2D eigenvalue weighted by molar-refractivity contribution is 5.85. The predicted molar refractivity (Wildman–Crippen MR) is 138 cm³/mol. The molecule has 0 unspecified atom stereocenters. The second-order valence-electron chi connectivity index (χ2n) is 9.68. The van der Waals surface area contributed by atoms with E-state index in [1.54, 1.807) is 0 Å². The van der Waals surface area contributed by atoms with E-state index in [0.717, 1.165) is 19.5 Å². The fourth-order valence-corrected chi connectivity index (χ4v) is 4.13. The van der Waals surface area contributed by atoms with Crippen LogP contribution in [0.2, 0.25) is 0 Å². The largest absolute Gasteiger partial charge is 0.351 e. The minimum absolute atomic E-state index is 0. The lowest BCUT2D eigenvalue weighted by Crippen LogP contribution is -2.46. The molecule has 1 aromatic rings. The number of likely N-dealkylation sites (N-methyl/N-ethyl adjacent to an activating group) is 1. The summed E-state index contributed by atoms with van der Waals surface area (Å²) in [7, 11) is 4.25. The maximum absolute atomic E-state index is 12.3. The Bertz CT molecular complexity index is 533. The third kappa shape index (κ3) is 18.2. The molecule has 3 nitrogen and oxygen atoms in total. The highest BCUT2D eigenvalue weighted by Crippen LogP contribution is 2.13. The second kappa shape index (κ2) is 19.6. The summed E-state index contributed by atoms with van der Waals surface area (Å²) < 4.78 is 0.689. The average Bonchev–Trinajstić information content (AvgIpc) is 2.71. The number of carbonyl (C=O) groups is 1. The monoisotopic (exact) mass is 453 g/mol. The van der Waals surface area contributed by atoms with E-state index in [1.807, 2.05) is 6.07 Å². The number of halogens is 1. The van der Waals surface area contributed by atoms with E-state index in [1.165, 1.54) is 89.0 Å². The number of hydrogen-bond acceptors (Lipinski definition) is 1. The lowest BCUT2D eigenvalue weighted by Gasteiger charge is -2.29. The van der Waals surface area contributed by atoms with Crippen molar-refractivity contribution in [3.63, 3.8) is 0 Å². The Morgan fingerprint density at radius 2 is 1.19 bits per heavy atom. The van der Waals surface area contributed by atoms with Gasteiger partial charge in [-0.3, -0.25) is 4.79 Å². The highest BCUT2D eigenvalue weighted by Gasteiger charge is 2.20. The van der Waals surface area contributed by atoms with Crippen LogP contribution in [0, 0.1) is 0 Å². The summed E-state index contributed by atoms with van der Waals surface area (Å²) in [6.07, 6.45) is 19.1. The van der Waals surface area contributed by atoms with Crippen LogP contribution in [0.25, 0.3) is 0 Å². The van der Waals surface area contributed by atoms with Gasteiger partial charge in [-0.25, -0.2) is 0 Å². The van der Waals surface area contributed by atoms with Gasteiger partial charge in [0, 0.05) is 12.1 Å². The molecule has 0 saturated carbocycles. The first-order valence-corrected chi connectivity index (χ1v) is 12.7. The molecule has 1 aromatic carbocycles. The van der Waals surface area contributed by atoms with Crippen molar-refractivity contribution >= 4 is 18.3 Å². The molecule has 0 aromatic heterocycles. The molecule has 0 spiro atoms. The third-order valence-electron chi connectivity index (χ3n) is 5.88. The van der Waals surface area contributed by atoms with Crippen LogP contribution in [0.3, 0.4) is 0 Å². The lowest BCUT2D eigenvalue weighted by atomic mass is 10.0. The molecular weight excluding hydrogens is 404 g/mol. The average molecular weight is 454 g/mol. The zero-order chi connectivity index (χ0) is 21.9. The van der Waals surface area contributed by atoms with Crippen molar-refractivity contribution in [2.45, 2.75) is 103 Å². The number of nitrogens with zero attached hydrogens (tertiary/aromatic N) is 1. The zero-order valence-corrected chi connectivity index (χ0v) is 21.5. The van der Waals surface area contributed by atoms with Gasteiger partial charge < -0.3 is 9.80 Å². The number of rotatable bonds is 19. The van der Waals surface area contributed by atoms with Gasteiger partial charge >= 0.3 is 0 Å². The Kier molecular flexibility index (Phi) is 18.9. The number of amides is 1. The molecule has 4 heteroatoms. The van der Waals surface area contributed by atoms with Crippen LogP contribution in [0.5, 0.6) is 0 Å². The molecule has 0 aliphatic heterocycles. The maximum Gasteiger partial charge on any atom is 0.275 e. The van der Waals surface area contributed by atoms with E-state index < -0.39 is 0 Å². The van der Waals surface area contributed by atoms with Crippen molar-refractivity contribution < 1.29 is 9.28 Å². The standard InChI is InChI=1S/C27H48N2O.ClH/c1-4-5-6-7-8-9-10-11-12-13-14-15-16-20-23-28-27(30)25-29(2,3)24-26-21-18-17-19-22-26;/h17-19,21-22H,4-16,20,23-25H2,1-3H3;1H/p+1. The van der Waals surface area contributed by atoms with Gasteiger partial charge in [0.2, 0.25) is 0 Å². The molecule has 0 saturated heterocycles. The van der Waals surface area contributed by atoms with Crippen LogP contribution in [0.15, 0.2) is 30.3 Å². The van der Waals surface area contributed by atoms with E-state index in [-0.39, 0.29) is 18.3 Å². The van der Waals surface area contributed by atoms with Crippen LogP contribution in [-0.4, -0.2) is 37.6 Å². The van der Waals surface area contributed by atoms with Crippen molar-refractivity contribution in [3.05, 3.63) is 35.9 Å². The van der Waals surface area contributed by atoms with Crippen molar-refractivity contribution in [2.75, 3.05) is 27.2 Å². The quantitative estimate of drug-likeness (QED) is 0.173. The summed E-state index contributed by atoms with van der Waals surface area (Å²) in [6.45, 7) is 4.52. The van der Waals surface area contributed by atoms with Gasteiger partial charge in [0.1, 0.15) is 6.54 Å². The molecule has 0 aliphatic rings. The van der Waals surface area contributed by atoms with Crippen LogP contribution < -0.4 is 5.32 Å². The van der Waals surface area contributed by atoms with Gasteiger partial charge in [-0.2, -0.15) is 0 Å². The van der Waals surface area contributed by atoms with E-state index in [2.05, 4.69) is 50.6 Å². The number of hydrogen-bond donors (Lipinski definition) is 1. The van der Waals surface area contributed by atoms with Gasteiger partial charge in [0.25, 0.3) is 5.91 Å². The molecule has 0 fully saturated rings. The molecule has 0 heterocycles. The minimum atomic E-state index is 0. The Morgan fingerprint density at radius 1 is 0.742 bits per heavy atom. The summed E-state index contributed by atoms with van der Waals surface area (Å²) in [4.78, 5) is 12.3. The summed E-state index contributed by atoms with van der Waals surface area (Å²) in [5, 5.41) is 3.11. The van der Waals surface area contributed by atoms with Crippen LogP contribution in [0.1, 0.15) is 102 Å². The van der Waals surface area contributed by atoms with Crippen LogP contribution in [-0.2, 0) is 11.3 Å². The Balaban J connectivity index is 0.00000900. The Morgan fingerprint density at radius 3 is 1.68 bits per heavy atom. The lowest BCUT2D eigenvalue weighted by molar-refractivity contribution is -0.895. The molecule has 1 N–H and O–H groups in total. The molecule has 0 atom stereocenters. The molecular formula is C27H50ClN2O+. The predicted octanol–water partition coefficient (Wildman–Crippen LogP) is 7.28. The van der Waals surface area contributed by atoms with Crippen molar-refractivity contribution in [3.8, 4) is 0 Å². The van der Waals surface area contributed by atoms with Crippen LogP contribution >= 0.6 is 12.4 Å². The van der Waals surface area contributed by atoms with Crippen molar-refractivity contribution in [1.82, 2.24) is 5.32 Å². The number of carbonyl (C=O) groups excluding carboxylic acids is 1. The van der Waals surface area contributed by atoms with Gasteiger partial charge in [0.15, 0.2) is 6.54 Å². The van der Waals surface area contributed by atoms with E-state index in [0.29, 0.717) is 11.0 Å². The number of nitrogens with one attached hydrogen (secondary N) is 1. The molecule has 31 heavy (non-hydrogen) atoms. The summed E-state index contributed by atoms with van der Waals surface area (Å²) in [5.41, 5.74) is 1.28. The third-order valence-corrected chi connectivity index (χ3v) is 5.88. The Hall–Kier alpha value is -1.06. The number of unbranched alkanes of at least 4 members (excludes halogenated alkanes) is 13. The summed E-state index contributed by atoms with van der Waals surface area (Å²) in [5.74, 6) is 0.172. The first-order chi connectivity index (χ1) is 14.5. The van der Waals surface area contributed by atoms with Crippen LogP contribution in [0.4, 0.5) is 0 Å². The second-order valence-corrected chi connectivity index (χ2v) is 9.68. The smallest absolute Gasteiger partial charge is 0.275 e. The molecule has 1 rings (SSSR count). The fourth-order valence-electron chi connectivity index (χ4n) is 4.13. The molecule has 0 bridgehead atoms. The topological polar surface area (TPSA) is 29.1 Å². The molecule has 0 radical (unpaired) electrons. The molecule has 1 amide bonds. The number of benzene rings is 1. The first-order valence-electron chi connectivity index (χ1n) is 12.7. The Labute approximate surface area is 199 Å². The fraction of sp³-hybridized carbons (Fsp3) is 0.741. The van der Waals surface area contributed by atoms with Crippen molar-refractivity contribution in [2.24, 2.45) is 0 Å². The normalized spacial score (nSPS) is 11.2. The maximum atomic E-state index is 12.3. The molecule has 180 valence electrons. The van der Waals surface area contributed by atoms with Gasteiger partial charge in [-0.05, 0) is 6.42 Å². The SMILES string of the molecule is CCCCCCCCCCCCCCCCNC(=O)C[N+](C)(C)Cc1ccccc1.Cl. The molecule has 0 aliphatic carbocycles. The highest BCUT2D eigenvalue weighted by atomic mass is 35.5. The van der Waals surface area contributed by atoms with Gasteiger partial charge in [-0.15, -0.1) is 12.4 Å². The summed E-state index contributed by atoms with van der Waals surface area (Å²) in [6, 6.07) is 10.4. The van der Waals surface area contributed by atoms with E-state index in [4.69, 9.17) is 0 Å². The minimum Gasteiger partial charge on any atom is -0.351 e. The summed E-state index contributed by atoms with van der Waals surface area (Å²) >= 11 is 0. The number of quaternary nitrogens is 1.